The maximum atomic E-state index is 11.9. The van der Waals surface area contributed by atoms with Gasteiger partial charge in [-0.15, -0.1) is 0 Å². The standard InChI is InChI=1S/C13H14N2O4/c1-7-8(2)19-11(15-7)6-14-13(18)12-9(16)4-3-5-10(12)17/h3-5,16-17H,6H2,1-2H3,(H,14,18). The fourth-order valence-electron chi connectivity index (χ4n) is 1.62. The van der Waals surface area contributed by atoms with Gasteiger partial charge in [-0.05, 0) is 26.0 Å². The van der Waals surface area contributed by atoms with Crippen molar-refractivity contribution in [2.75, 3.05) is 0 Å². The van der Waals surface area contributed by atoms with Gasteiger partial charge in [0.25, 0.3) is 5.91 Å². The van der Waals surface area contributed by atoms with Gasteiger partial charge in [-0.2, -0.15) is 0 Å². The lowest BCUT2D eigenvalue weighted by atomic mass is 10.1. The highest BCUT2D eigenvalue weighted by atomic mass is 16.4. The molecule has 0 aliphatic carbocycles. The molecular formula is C13H14N2O4. The van der Waals surface area contributed by atoms with Crippen LogP contribution in [0.1, 0.15) is 27.7 Å². The minimum Gasteiger partial charge on any atom is -0.507 e. The molecule has 0 spiro atoms. The van der Waals surface area contributed by atoms with E-state index >= 15 is 0 Å². The quantitative estimate of drug-likeness (QED) is 0.781. The van der Waals surface area contributed by atoms with E-state index in [0.717, 1.165) is 5.69 Å². The SMILES string of the molecule is Cc1nc(CNC(=O)c2c(O)cccc2O)oc1C. The van der Waals surface area contributed by atoms with Crippen molar-refractivity contribution in [3.05, 3.63) is 41.1 Å². The van der Waals surface area contributed by atoms with Crippen LogP contribution in [0.15, 0.2) is 22.6 Å². The molecule has 1 heterocycles. The summed E-state index contributed by atoms with van der Waals surface area (Å²) in [6, 6.07) is 4.10. The van der Waals surface area contributed by atoms with Gasteiger partial charge in [0.1, 0.15) is 22.8 Å². The van der Waals surface area contributed by atoms with Gasteiger partial charge in [0.15, 0.2) is 0 Å². The van der Waals surface area contributed by atoms with Crippen molar-refractivity contribution in [3.63, 3.8) is 0 Å². The molecule has 0 saturated heterocycles. The molecule has 19 heavy (non-hydrogen) atoms. The number of aromatic hydroxyl groups is 2. The fourth-order valence-corrected chi connectivity index (χ4v) is 1.62. The summed E-state index contributed by atoms with van der Waals surface area (Å²) < 4.78 is 5.31. The number of nitrogens with one attached hydrogen (secondary N) is 1. The highest BCUT2D eigenvalue weighted by molar-refractivity contribution is 5.99. The van der Waals surface area contributed by atoms with Gasteiger partial charge in [0.05, 0.1) is 12.2 Å². The number of oxazole rings is 1. The van der Waals surface area contributed by atoms with Gasteiger partial charge in [0, 0.05) is 0 Å². The Labute approximate surface area is 109 Å². The first-order valence-electron chi connectivity index (χ1n) is 5.71. The molecule has 0 bridgehead atoms. The van der Waals surface area contributed by atoms with Crippen LogP contribution in [0.5, 0.6) is 11.5 Å². The van der Waals surface area contributed by atoms with E-state index in [1.807, 2.05) is 0 Å². The normalized spacial score (nSPS) is 10.4. The van der Waals surface area contributed by atoms with Crippen LogP contribution in [0, 0.1) is 13.8 Å². The Morgan fingerprint density at radius 3 is 2.47 bits per heavy atom. The number of rotatable bonds is 3. The average molecular weight is 262 g/mol. The Bertz CT molecular complexity index is 579. The van der Waals surface area contributed by atoms with E-state index in [9.17, 15) is 15.0 Å². The zero-order valence-corrected chi connectivity index (χ0v) is 10.6. The average Bonchev–Trinajstić information content (AvgIpc) is 2.66. The number of hydrogen-bond acceptors (Lipinski definition) is 5. The summed E-state index contributed by atoms with van der Waals surface area (Å²) in [7, 11) is 0. The van der Waals surface area contributed by atoms with Crippen LogP contribution in [-0.4, -0.2) is 21.1 Å². The van der Waals surface area contributed by atoms with E-state index in [2.05, 4.69) is 10.3 Å². The van der Waals surface area contributed by atoms with Crippen molar-refractivity contribution < 1.29 is 19.4 Å². The molecule has 2 rings (SSSR count). The van der Waals surface area contributed by atoms with E-state index in [4.69, 9.17) is 4.42 Å². The third-order valence-corrected chi connectivity index (χ3v) is 2.72. The molecule has 0 radical (unpaired) electrons. The third kappa shape index (κ3) is 2.67. The molecule has 0 aliphatic heterocycles. The summed E-state index contributed by atoms with van der Waals surface area (Å²) in [5.74, 6) is -0.0912. The van der Waals surface area contributed by atoms with E-state index in [1.165, 1.54) is 18.2 Å². The summed E-state index contributed by atoms with van der Waals surface area (Å²) in [6.45, 7) is 3.67. The van der Waals surface area contributed by atoms with Crippen molar-refractivity contribution in [1.82, 2.24) is 10.3 Å². The Kier molecular flexibility index (Phi) is 3.41. The second kappa shape index (κ2) is 5.01. The highest BCUT2D eigenvalue weighted by Crippen LogP contribution is 2.25. The maximum absolute atomic E-state index is 11.9. The first kappa shape index (κ1) is 12.9. The second-order valence-corrected chi connectivity index (χ2v) is 4.10. The molecule has 0 aliphatic rings. The minimum absolute atomic E-state index is 0.0846. The predicted octanol–water partition coefficient (Wildman–Crippen LogP) is 1.63. The van der Waals surface area contributed by atoms with Crippen molar-refractivity contribution in [3.8, 4) is 11.5 Å². The maximum Gasteiger partial charge on any atom is 0.259 e. The molecule has 3 N–H and O–H groups in total. The van der Waals surface area contributed by atoms with Crippen LogP contribution in [-0.2, 0) is 6.54 Å². The molecule has 1 aromatic heterocycles. The molecule has 0 saturated carbocycles. The van der Waals surface area contributed by atoms with E-state index in [1.54, 1.807) is 13.8 Å². The molecule has 2 aromatic rings. The fraction of sp³-hybridized carbons (Fsp3) is 0.231. The summed E-state index contributed by atoms with van der Waals surface area (Å²) in [4.78, 5) is 16.0. The first-order valence-corrected chi connectivity index (χ1v) is 5.71. The number of benzene rings is 1. The minimum atomic E-state index is -0.593. The van der Waals surface area contributed by atoms with Crippen LogP contribution in [0.25, 0.3) is 0 Å². The van der Waals surface area contributed by atoms with E-state index < -0.39 is 5.91 Å². The largest absolute Gasteiger partial charge is 0.507 e. The van der Waals surface area contributed by atoms with Crippen molar-refractivity contribution in [1.29, 1.82) is 0 Å². The lowest BCUT2D eigenvalue weighted by Gasteiger charge is -2.06. The second-order valence-electron chi connectivity index (χ2n) is 4.10. The van der Waals surface area contributed by atoms with Crippen molar-refractivity contribution >= 4 is 5.91 Å². The monoisotopic (exact) mass is 262 g/mol. The number of hydrogen-bond donors (Lipinski definition) is 3. The van der Waals surface area contributed by atoms with Crippen LogP contribution < -0.4 is 5.32 Å². The number of nitrogens with zero attached hydrogens (tertiary/aromatic N) is 1. The number of amides is 1. The number of aryl methyl sites for hydroxylation is 2. The Morgan fingerprint density at radius 1 is 1.32 bits per heavy atom. The van der Waals surface area contributed by atoms with Crippen molar-refractivity contribution in [2.24, 2.45) is 0 Å². The molecule has 100 valence electrons. The Hall–Kier alpha value is -2.50. The van der Waals surface area contributed by atoms with E-state index in [-0.39, 0.29) is 23.6 Å². The first-order chi connectivity index (χ1) is 8.99. The van der Waals surface area contributed by atoms with Crippen molar-refractivity contribution in [2.45, 2.75) is 20.4 Å². The van der Waals surface area contributed by atoms with Crippen LogP contribution in [0.3, 0.4) is 0 Å². The lowest BCUT2D eigenvalue weighted by molar-refractivity contribution is 0.0941. The molecule has 6 nitrogen and oxygen atoms in total. The number of phenolic OH excluding ortho intramolecular Hbond substituents is 2. The van der Waals surface area contributed by atoms with Gasteiger partial charge < -0.3 is 19.9 Å². The molecule has 0 unspecified atom stereocenters. The summed E-state index contributed by atoms with van der Waals surface area (Å²) >= 11 is 0. The molecule has 0 fully saturated rings. The molecule has 6 heteroatoms. The number of carbonyl (C=O) groups excluding carboxylic acids is 1. The topological polar surface area (TPSA) is 95.6 Å². The van der Waals surface area contributed by atoms with Gasteiger partial charge in [-0.25, -0.2) is 4.98 Å². The zero-order valence-electron chi connectivity index (χ0n) is 10.6. The number of carbonyl (C=O) groups is 1. The van der Waals surface area contributed by atoms with Gasteiger partial charge in [-0.3, -0.25) is 4.79 Å². The smallest absolute Gasteiger partial charge is 0.259 e. The third-order valence-electron chi connectivity index (χ3n) is 2.72. The lowest BCUT2D eigenvalue weighted by Crippen LogP contribution is -2.23. The van der Waals surface area contributed by atoms with E-state index in [0.29, 0.717) is 11.7 Å². The van der Waals surface area contributed by atoms with Gasteiger partial charge in [-0.1, -0.05) is 6.07 Å². The Balaban J connectivity index is 2.09. The predicted molar refractivity (Wildman–Crippen MR) is 66.9 cm³/mol. The summed E-state index contributed by atoms with van der Waals surface area (Å²) in [6.07, 6.45) is 0. The van der Waals surface area contributed by atoms with Crippen LogP contribution in [0.4, 0.5) is 0 Å². The molecule has 1 amide bonds. The highest BCUT2D eigenvalue weighted by Gasteiger charge is 2.16. The number of phenols is 2. The van der Waals surface area contributed by atoms with Gasteiger partial charge >= 0.3 is 0 Å². The Morgan fingerprint density at radius 2 is 1.95 bits per heavy atom. The summed E-state index contributed by atoms with van der Waals surface area (Å²) in [5, 5.41) is 21.6. The molecule has 0 atom stereocenters. The van der Waals surface area contributed by atoms with Gasteiger partial charge in [0.2, 0.25) is 5.89 Å². The van der Waals surface area contributed by atoms with Crippen LogP contribution in [0.2, 0.25) is 0 Å². The molecular weight excluding hydrogens is 248 g/mol. The molecule has 1 aromatic carbocycles. The summed E-state index contributed by atoms with van der Waals surface area (Å²) in [5.41, 5.74) is 0.595. The van der Waals surface area contributed by atoms with Crippen LogP contribution >= 0.6 is 0 Å². The number of aromatic nitrogens is 1. The zero-order chi connectivity index (χ0) is 14.0.